The van der Waals surface area contributed by atoms with Gasteiger partial charge in [-0.1, -0.05) is 13.8 Å². The second-order valence-electron chi connectivity index (χ2n) is 5.83. The van der Waals surface area contributed by atoms with Crippen molar-refractivity contribution in [2.75, 3.05) is 6.61 Å². The molecule has 0 amide bonds. The zero-order valence-electron chi connectivity index (χ0n) is 10.5. The van der Waals surface area contributed by atoms with E-state index in [0.29, 0.717) is 12.0 Å². The highest BCUT2D eigenvalue weighted by Crippen LogP contribution is 2.51. The molecule has 0 N–H and O–H groups in total. The molecule has 1 aliphatic heterocycles. The van der Waals surface area contributed by atoms with Crippen LogP contribution in [0.25, 0.3) is 0 Å². The summed E-state index contributed by atoms with van der Waals surface area (Å²) in [6.45, 7) is 6.88. The van der Waals surface area contributed by atoms with Gasteiger partial charge in [0.05, 0.1) is 6.61 Å². The van der Waals surface area contributed by atoms with Crippen LogP contribution in [0.15, 0.2) is 0 Å². The zero-order chi connectivity index (χ0) is 11.8. The predicted octanol–water partition coefficient (Wildman–Crippen LogP) is 2.68. The molecule has 92 valence electrons. The second-order valence-corrected chi connectivity index (χ2v) is 5.83. The minimum absolute atomic E-state index is 0.165. The zero-order valence-corrected chi connectivity index (χ0v) is 10.5. The number of carbonyl (C=O) groups excluding carboxylic acids is 1. The number of ether oxygens (including phenoxy) is 2. The van der Waals surface area contributed by atoms with Crippen molar-refractivity contribution >= 4 is 5.97 Å². The topological polar surface area (TPSA) is 38.8 Å². The van der Waals surface area contributed by atoms with Crippen LogP contribution in [0.4, 0.5) is 0 Å². The highest BCUT2D eigenvalue weighted by molar-refractivity contribution is 5.79. The van der Waals surface area contributed by atoms with Crippen LogP contribution in [0.1, 0.15) is 52.9 Å². The molecular formula is C13H22O3. The molecule has 1 saturated heterocycles. The first-order valence-electron chi connectivity index (χ1n) is 6.34. The summed E-state index contributed by atoms with van der Waals surface area (Å²) in [4.78, 5) is 11.6. The maximum atomic E-state index is 11.6. The molecule has 0 radical (unpaired) electrons. The van der Waals surface area contributed by atoms with E-state index in [4.69, 9.17) is 9.47 Å². The molecule has 1 heterocycles. The average molecular weight is 226 g/mol. The molecule has 2 aliphatic rings. The van der Waals surface area contributed by atoms with Crippen LogP contribution in [0.3, 0.4) is 0 Å². The lowest BCUT2D eigenvalue weighted by Crippen LogP contribution is -2.22. The van der Waals surface area contributed by atoms with Gasteiger partial charge in [-0.2, -0.15) is 0 Å². The van der Waals surface area contributed by atoms with E-state index in [1.165, 1.54) is 6.42 Å². The van der Waals surface area contributed by atoms with E-state index in [1.54, 1.807) is 0 Å². The van der Waals surface area contributed by atoms with Crippen LogP contribution in [0.5, 0.6) is 0 Å². The Bertz CT molecular complexity index is 285. The maximum Gasteiger partial charge on any atom is 0.338 e. The summed E-state index contributed by atoms with van der Waals surface area (Å²) in [7, 11) is 0. The summed E-state index contributed by atoms with van der Waals surface area (Å²) < 4.78 is 10.7. The van der Waals surface area contributed by atoms with Gasteiger partial charge in [0.15, 0.2) is 6.10 Å². The Morgan fingerprint density at radius 3 is 2.75 bits per heavy atom. The van der Waals surface area contributed by atoms with Gasteiger partial charge in [0.25, 0.3) is 0 Å². The maximum absolute atomic E-state index is 11.6. The fourth-order valence-corrected chi connectivity index (χ4v) is 2.73. The number of hydrogen-bond acceptors (Lipinski definition) is 3. The molecule has 0 aromatic carbocycles. The fraction of sp³-hybridized carbons (Fsp3) is 0.923. The van der Waals surface area contributed by atoms with Gasteiger partial charge in [-0.15, -0.1) is 0 Å². The molecule has 1 spiro atoms. The van der Waals surface area contributed by atoms with E-state index < -0.39 is 0 Å². The molecule has 16 heavy (non-hydrogen) atoms. The van der Waals surface area contributed by atoms with Gasteiger partial charge in [-0.05, 0) is 44.4 Å². The first-order chi connectivity index (χ1) is 7.49. The molecule has 1 aliphatic carbocycles. The SMILES string of the molecule is CCOC(=O)C1OC12CCCC(C)(C)CC2. The van der Waals surface area contributed by atoms with Crippen LogP contribution in [0, 0.1) is 5.41 Å². The molecule has 2 atom stereocenters. The Hall–Kier alpha value is -0.570. The van der Waals surface area contributed by atoms with Crippen LogP contribution in [0.2, 0.25) is 0 Å². The Labute approximate surface area is 97.5 Å². The molecule has 0 aromatic heterocycles. The van der Waals surface area contributed by atoms with Crippen molar-refractivity contribution < 1.29 is 14.3 Å². The second kappa shape index (κ2) is 4.02. The molecular weight excluding hydrogens is 204 g/mol. The highest BCUT2D eigenvalue weighted by atomic mass is 16.7. The Kier molecular flexibility index (Phi) is 2.99. The standard InChI is InChI=1S/C13H22O3/c1-4-15-11(14)10-13(16-10)7-5-6-12(2,3)8-9-13/h10H,4-9H2,1-3H3. The van der Waals surface area contributed by atoms with E-state index in [9.17, 15) is 4.79 Å². The third-order valence-corrected chi connectivity index (χ3v) is 3.95. The summed E-state index contributed by atoms with van der Waals surface area (Å²) >= 11 is 0. The molecule has 1 saturated carbocycles. The highest BCUT2D eigenvalue weighted by Gasteiger charge is 2.61. The third kappa shape index (κ3) is 2.24. The van der Waals surface area contributed by atoms with Crippen LogP contribution >= 0.6 is 0 Å². The molecule has 2 rings (SSSR count). The fourth-order valence-electron chi connectivity index (χ4n) is 2.73. The smallest absolute Gasteiger partial charge is 0.338 e. The van der Waals surface area contributed by atoms with Crippen molar-refractivity contribution in [3.8, 4) is 0 Å². The third-order valence-electron chi connectivity index (χ3n) is 3.95. The molecule has 0 bridgehead atoms. The van der Waals surface area contributed by atoms with Crippen molar-refractivity contribution in [1.29, 1.82) is 0 Å². The van der Waals surface area contributed by atoms with Crippen LogP contribution < -0.4 is 0 Å². The number of rotatable bonds is 2. The molecule has 3 heteroatoms. The summed E-state index contributed by atoms with van der Waals surface area (Å²) in [5, 5.41) is 0. The lowest BCUT2D eigenvalue weighted by atomic mass is 9.84. The van der Waals surface area contributed by atoms with Gasteiger partial charge in [0.2, 0.25) is 0 Å². The largest absolute Gasteiger partial charge is 0.464 e. The van der Waals surface area contributed by atoms with Gasteiger partial charge in [0, 0.05) is 0 Å². The number of epoxide rings is 1. The monoisotopic (exact) mass is 226 g/mol. The summed E-state index contributed by atoms with van der Waals surface area (Å²) in [6, 6.07) is 0. The van der Waals surface area contributed by atoms with E-state index in [2.05, 4.69) is 13.8 Å². The number of hydrogen-bond donors (Lipinski definition) is 0. The van der Waals surface area contributed by atoms with Crippen LogP contribution in [-0.4, -0.2) is 24.3 Å². The van der Waals surface area contributed by atoms with E-state index in [0.717, 1.165) is 25.7 Å². The molecule has 2 unspecified atom stereocenters. The van der Waals surface area contributed by atoms with Crippen molar-refractivity contribution in [3.63, 3.8) is 0 Å². The quantitative estimate of drug-likeness (QED) is 0.537. The predicted molar refractivity (Wildman–Crippen MR) is 61.1 cm³/mol. The Balaban J connectivity index is 1.94. The molecule has 3 nitrogen and oxygen atoms in total. The van der Waals surface area contributed by atoms with E-state index in [1.807, 2.05) is 6.92 Å². The molecule has 0 aromatic rings. The first-order valence-corrected chi connectivity index (χ1v) is 6.34. The van der Waals surface area contributed by atoms with Gasteiger partial charge >= 0.3 is 5.97 Å². The lowest BCUT2D eigenvalue weighted by Gasteiger charge is -2.21. The minimum atomic E-state index is -0.277. The molecule has 2 fully saturated rings. The Morgan fingerprint density at radius 1 is 1.31 bits per heavy atom. The summed E-state index contributed by atoms with van der Waals surface area (Å²) in [5.41, 5.74) is 0.231. The summed E-state index contributed by atoms with van der Waals surface area (Å²) in [6.07, 6.45) is 5.27. The number of carbonyl (C=O) groups is 1. The van der Waals surface area contributed by atoms with Gasteiger partial charge in [-0.25, -0.2) is 4.79 Å². The van der Waals surface area contributed by atoms with E-state index in [-0.39, 0.29) is 17.7 Å². The van der Waals surface area contributed by atoms with Crippen molar-refractivity contribution in [2.24, 2.45) is 5.41 Å². The number of esters is 1. The Morgan fingerprint density at radius 2 is 2.06 bits per heavy atom. The van der Waals surface area contributed by atoms with Crippen LogP contribution in [-0.2, 0) is 14.3 Å². The van der Waals surface area contributed by atoms with Crippen molar-refractivity contribution in [2.45, 2.75) is 64.6 Å². The van der Waals surface area contributed by atoms with Crippen molar-refractivity contribution in [3.05, 3.63) is 0 Å². The minimum Gasteiger partial charge on any atom is -0.464 e. The van der Waals surface area contributed by atoms with Gasteiger partial charge < -0.3 is 9.47 Å². The normalized spacial score (nSPS) is 36.8. The first kappa shape index (κ1) is 11.9. The van der Waals surface area contributed by atoms with E-state index >= 15 is 0 Å². The average Bonchev–Trinajstić information content (AvgIpc) is 2.93. The summed E-state index contributed by atoms with van der Waals surface area (Å²) in [5.74, 6) is -0.165. The lowest BCUT2D eigenvalue weighted by molar-refractivity contribution is -0.144. The van der Waals surface area contributed by atoms with Crippen molar-refractivity contribution in [1.82, 2.24) is 0 Å². The van der Waals surface area contributed by atoms with Gasteiger partial charge in [0.1, 0.15) is 5.60 Å². The van der Waals surface area contributed by atoms with Gasteiger partial charge in [-0.3, -0.25) is 0 Å².